The zero-order valence-electron chi connectivity index (χ0n) is 18.7. The number of rotatable bonds is 8. The fourth-order valence-corrected chi connectivity index (χ4v) is 4.85. The van der Waals surface area contributed by atoms with E-state index in [1.807, 2.05) is 24.3 Å². The molecule has 0 spiro atoms. The fraction of sp³-hybridized carbons (Fsp3) is 0.478. The quantitative estimate of drug-likeness (QED) is 0.563. The number of carbonyl (C=O) groups excluding carboxylic acids is 1. The molecule has 1 aliphatic rings. The van der Waals surface area contributed by atoms with E-state index in [9.17, 15) is 9.59 Å². The number of benzene rings is 1. The minimum atomic E-state index is -0.255. The van der Waals surface area contributed by atoms with E-state index in [4.69, 9.17) is 0 Å². The third kappa shape index (κ3) is 5.16. The van der Waals surface area contributed by atoms with Crippen LogP contribution in [-0.2, 0) is 17.8 Å². The summed E-state index contributed by atoms with van der Waals surface area (Å²) in [5.74, 6) is -0.255. The van der Waals surface area contributed by atoms with Crippen molar-refractivity contribution in [2.45, 2.75) is 39.7 Å². The molecular formula is C23H30N6O2S. The first-order chi connectivity index (χ1) is 15.6. The molecule has 0 bridgehead atoms. The summed E-state index contributed by atoms with van der Waals surface area (Å²) in [6, 6.07) is 7.87. The van der Waals surface area contributed by atoms with Crippen molar-refractivity contribution in [1.82, 2.24) is 19.4 Å². The maximum Gasteiger partial charge on any atom is 0.273 e. The van der Waals surface area contributed by atoms with E-state index in [0.29, 0.717) is 10.3 Å². The Morgan fingerprint density at radius 2 is 1.88 bits per heavy atom. The zero-order chi connectivity index (χ0) is 22.5. The first kappa shape index (κ1) is 22.4. The number of fused-ring (bicyclic) bond motifs is 1. The standard InChI is InChI=1S/C23H30N6O2S/c1-3-5-6-17-7-9-18(10-8-17)25-19(30)15-29-16-24-21-20(22(29)31)32-23(26-21)28-13-11-27(4-2)12-14-28/h7-10,16H,3-6,11-15H2,1-2H3,(H,25,30). The number of anilines is 2. The van der Waals surface area contributed by atoms with Gasteiger partial charge < -0.3 is 15.1 Å². The van der Waals surface area contributed by atoms with Crippen LogP contribution in [0.2, 0.25) is 0 Å². The van der Waals surface area contributed by atoms with Gasteiger partial charge in [-0.1, -0.05) is 43.7 Å². The molecule has 0 saturated carbocycles. The summed E-state index contributed by atoms with van der Waals surface area (Å²) in [6.07, 6.45) is 4.76. The second kappa shape index (κ2) is 10.2. The Kier molecular flexibility index (Phi) is 7.16. The maximum absolute atomic E-state index is 12.9. The second-order valence-electron chi connectivity index (χ2n) is 8.10. The number of piperazine rings is 1. The number of nitrogens with one attached hydrogen (secondary N) is 1. The van der Waals surface area contributed by atoms with Gasteiger partial charge in [-0.3, -0.25) is 14.2 Å². The molecule has 1 aromatic carbocycles. The number of aromatic nitrogens is 3. The highest BCUT2D eigenvalue weighted by Crippen LogP contribution is 2.26. The summed E-state index contributed by atoms with van der Waals surface area (Å²) in [5.41, 5.74) is 2.21. The second-order valence-corrected chi connectivity index (χ2v) is 9.07. The molecule has 1 saturated heterocycles. The predicted molar refractivity (Wildman–Crippen MR) is 130 cm³/mol. The van der Waals surface area contributed by atoms with Gasteiger partial charge in [-0.15, -0.1) is 0 Å². The molecule has 1 aliphatic heterocycles. The summed E-state index contributed by atoms with van der Waals surface area (Å²) in [5, 5.41) is 3.69. The topological polar surface area (TPSA) is 83.4 Å². The van der Waals surface area contributed by atoms with E-state index in [1.54, 1.807) is 0 Å². The van der Waals surface area contributed by atoms with Crippen molar-refractivity contribution in [3.8, 4) is 0 Å². The van der Waals surface area contributed by atoms with Gasteiger partial charge in [0.1, 0.15) is 17.6 Å². The molecule has 1 amide bonds. The van der Waals surface area contributed by atoms with Gasteiger partial charge in [0.25, 0.3) is 5.56 Å². The number of carbonyl (C=O) groups is 1. The van der Waals surface area contributed by atoms with Crippen molar-refractivity contribution in [2.75, 3.05) is 42.9 Å². The average Bonchev–Trinajstić information content (AvgIpc) is 3.26. The predicted octanol–water partition coefficient (Wildman–Crippen LogP) is 2.98. The van der Waals surface area contributed by atoms with Crippen LogP contribution in [0.1, 0.15) is 32.3 Å². The van der Waals surface area contributed by atoms with Crippen LogP contribution in [0.25, 0.3) is 10.3 Å². The number of nitrogens with zero attached hydrogens (tertiary/aromatic N) is 5. The third-order valence-electron chi connectivity index (χ3n) is 5.83. The molecule has 4 rings (SSSR count). The van der Waals surface area contributed by atoms with Crippen molar-refractivity contribution < 1.29 is 4.79 Å². The van der Waals surface area contributed by atoms with Crippen LogP contribution in [0, 0.1) is 0 Å². The highest BCUT2D eigenvalue weighted by molar-refractivity contribution is 7.22. The molecule has 2 aromatic heterocycles. The number of hydrogen-bond donors (Lipinski definition) is 1. The van der Waals surface area contributed by atoms with E-state index in [-0.39, 0.29) is 18.0 Å². The van der Waals surface area contributed by atoms with Crippen molar-refractivity contribution in [2.24, 2.45) is 0 Å². The van der Waals surface area contributed by atoms with E-state index in [0.717, 1.165) is 62.8 Å². The molecule has 0 aliphatic carbocycles. The molecule has 3 heterocycles. The van der Waals surface area contributed by atoms with Crippen LogP contribution in [0.5, 0.6) is 0 Å². The van der Waals surface area contributed by atoms with Crippen LogP contribution in [0.4, 0.5) is 10.8 Å². The van der Waals surface area contributed by atoms with Gasteiger partial charge >= 0.3 is 0 Å². The van der Waals surface area contributed by atoms with Gasteiger partial charge in [-0.2, -0.15) is 4.98 Å². The smallest absolute Gasteiger partial charge is 0.273 e. The molecule has 1 fully saturated rings. The Labute approximate surface area is 191 Å². The molecule has 0 atom stereocenters. The molecule has 9 heteroatoms. The first-order valence-corrected chi connectivity index (χ1v) is 12.1. The fourth-order valence-electron chi connectivity index (χ4n) is 3.83. The summed E-state index contributed by atoms with van der Waals surface area (Å²) in [7, 11) is 0. The van der Waals surface area contributed by atoms with Gasteiger partial charge in [0, 0.05) is 31.9 Å². The highest BCUT2D eigenvalue weighted by atomic mass is 32.1. The molecule has 0 unspecified atom stereocenters. The first-order valence-electron chi connectivity index (χ1n) is 11.3. The van der Waals surface area contributed by atoms with E-state index < -0.39 is 0 Å². The van der Waals surface area contributed by atoms with Crippen LogP contribution in [-0.4, -0.2) is 58.1 Å². The van der Waals surface area contributed by atoms with Crippen molar-refractivity contribution >= 4 is 38.4 Å². The van der Waals surface area contributed by atoms with Gasteiger partial charge in [0.2, 0.25) is 5.91 Å². The molecule has 32 heavy (non-hydrogen) atoms. The maximum atomic E-state index is 12.9. The Morgan fingerprint density at radius 1 is 1.12 bits per heavy atom. The Hall–Kier alpha value is -2.78. The van der Waals surface area contributed by atoms with Gasteiger partial charge in [0.05, 0.1) is 0 Å². The monoisotopic (exact) mass is 454 g/mol. The highest BCUT2D eigenvalue weighted by Gasteiger charge is 2.20. The van der Waals surface area contributed by atoms with Crippen molar-refractivity contribution in [3.05, 3.63) is 46.5 Å². The lowest BCUT2D eigenvalue weighted by Crippen LogP contribution is -2.46. The normalized spacial score (nSPS) is 14.8. The summed E-state index contributed by atoms with van der Waals surface area (Å²) >= 11 is 1.36. The minimum Gasteiger partial charge on any atom is -0.345 e. The Balaban J connectivity index is 1.42. The van der Waals surface area contributed by atoms with E-state index in [2.05, 4.69) is 38.9 Å². The van der Waals surface area contributed by atoms with Gasteiger partial charge in [0.15, 0.2) is 10.8 Å². The Morgan fingerprint density at radius 3 is 2.56 bits per heavy atom. The molecule has 8 nitrogen and oxygen atoms in total. The summed E-state index contributed by atoms with van der Waals surface area (Å²) in [4.78, 5) is 39.0. The van der Waals surface area contributed by atoms with E-state index in [1.165, 1.54) is 27.8 Å². The molecular weight excluding hydrogens is 424 g/mol. The molecule has 1 N–H and O–H groups in total. The lowest BCUT2D eigenvalue weighted by atomic mass is 10.1. The lowest BCUT2D eigenvalue weighted by molar-refractivity contribution is -0.116. The molecule has 170 valence electrons. The van der Waals surface area contributed by atoms with Gasteiger partial charge in [-0.05, 0) is 37.1 Å². The van der Waals surface area contributed by atoms with Crippen LogP contribution in [0.3, 0.4) is 0 Å². The summed E-state index contributed by atoms with van der Waals surface area (Å²) < 4.78 is 1.85. The summed E-state index contributed by atoms with van der Waals surface area (Å²) in [6.45, 7) is 9.06. The number of unbranched alkanes of at least 4 members (excludes halogenated alkanes) is 1. The van der Waals surface area contributed by atoms with Crippen LogP contribution < -0.4 is 15.8 Å². The number of amides is 1. The van der Waals surface area contributed by atoms with Crippen LogP contribution in [0.15, 0.2) is 35.4 Å². The van der Waals surface area contributed by atoms with Crippen molar-refractivity contribution in [3.63, 3.8) is 0 Å². The molecule has 0 radical (unpaired) electrons. The zero-order valence-corrected chi connectivity index (χ0v) is 19.5. The lowest BCUT2D eigenvalue weighted by Gasteiger charge is -2.33. The number of thiazole rings is 1. The molecule has 3 aromatic rings. The minimum absolute atomic E-state index is 0.0816. The van der Waals surface area contributed by atoms with Crippen molar-refractivity contribution in [1.29, 1.82) is 0 Å². The SMILES string of the molecule is CCCCc1ccc(NC(=O)Cn2cnc3nc(N4CCN(CC)CC4)sc3c2=O)cc1. The number of likely N-dealkylation sites (N-methyl/N-ethyl adjacent to an activating group) is 1. The third-order valence-corrected chi connectivity index (χ3v) is 6.93. The van der Waals surface area contributed by atoms with E-state index >= 15 is 0 Å². The number of aryl methyl sites for hydroxylation is 1. The van der Waals surface area contributed by atoms with Crippen LogP contribution >= 0.6 is 11.3 Å². The largest absolute Gasteiger partial charge is 0.345 e. The Bertz CT molecular complexity index is 1120. The average molecular weight is 455 g/mol. The number of hydrogen-bond acceptors (Lipinski definition) is 7. The van der Waals surface area contributed by atoms with Gasteiger partial charge in [-0.25, -0.2) is 4.98 Å².